The number of amidine groups is 1. The molecule has 3 aromatic carbocycles. The molecule has 0 saturated carbocycles. The molecule has 7 N–H and O–H groups in total. The van der Waals surface area contributed by atoms with Gasteiger partial charge in [0.1, 0.15) is 17.5 Å². The van der Waals surface area contributed by atoms with Crippen molar-refractivity contribution < 1.29 is 18.3 Å². The Hall–Kier alpha value is -5.14. The molecule has 13 heteroatoms. The minimum Gasteiger partial charge on any atom is -0.398 e. The largest absolute Gasteiger partial charge is 0.398 e. The summed E-state index contributed by atoms with van der Waals surface area (Å²) in [6.07, 6.45) is 4.82. The van der Waals surface area contributed by atoms with E-state index in [9.17, 15) is 13.6 Å². The van der Waals surface area contributed by atoms with Gasteiger partial charge >= 0.3 is 0 Å². The normalized spacial score (nSPS) is 16.2. The van der Waals surface area contributed by atoms with E-state index in [-0.39, 0.29) is 29.9 Å². The van der Waals surface area contributed by atoms with Gasteiger partial charge in [-0.05, 0) is 85.5 Å². The number of nitrogens with zero attached hydrogens (tertiary/aromatic N) is 5. The highest BCUT2D eigenvalue weighted by molar-refractivity contribution is 6.13. The summed E-state index contributed by atoms with van der Waals surface area (Å²) in [6, 6.07) is 12.5. The lowest BCUT2D eigenvalue weighted by Crippen LogP contribution is -2.44. The number of anilines is 4. The van der Waals surface area contributed by atoms with Crippen molar-refractivity contribution in [2.24, 2.45) is 10.7 Å². The summed E-state index contributed by atoms with van der Waals surface area (Å²) in [5.41, 5.74) is 23.5. The molecular formula is C35H39F2N9O2. The fraction of sp³-hybridized carbons (Fsp3) is 0.314. The fourth-order valence-electron chi connectivity index (χ4n) is 6.10. The summed E-state index contributed by atoms with van der Waals surface area (Å²) < 4.78 is 33.8. The third-order valence-electron chi connectivity index (χ3n) is 8.76. The van der Waals surface area contributed by atoms with Gasteiger partial charge in [-0.3, -0.25) is 4.79 Å². The second-order valence-corrected chi connectivity index (χ2v) is 12.2. The fourth-order valence-corrected chi connectivity index (χ4v) is 6.10. The number of aromatic nitrogens is 2. The van der Waals surface area contributed by atoms with E-state index in [0.717, 1.165) is 50.8 Å². The van der Waals surface area contributed by atoms with Crippen LogP contribution in [0.3, 0.4) is 0 Å². The molecule has 0 radical (unpaired) electrons. The first-order valence-corrected chi connectivity index (χ1v) is 15.9. The lowest BCUT2D eigenvalue weighted by molar-refractivity contribution is 0.0904. The Labute approximate surface area is 277 Å². The molecule has 0 atom stereocenters. The monoisotopic (exact) mass is 655 g/mol. The number of likely N-dealkylation sites (N-methyl/N-ethyl adjacent to an activating group) is 1. The molecule has 6 rings (SSSR count). The summed E-state index contributed by atoms with van der Waals surface area (Å²) in [6.45, 7) is 4.96. The topological polar surface area (TPSA) is 161 Å². The average Bonchev–Trinajstić information content (AvgIpc) is 3.06. The van der Waals surface area contributed by atoms with Crippen molar-refractivity contribution in [1.29, 1.82) is 0 Å². The molecule has 4 aromatic rings. The Kier molecular flexibility index (Phi) is 9.78. The maximum Gasteiger partial charge on any atom is 0.281 e. The van der Waals surface area contributed by atoms with Gasteiger partial charge in [-0.15, -0.1) is 0 Å². The number of amides is 1. The highest BCUT2D eigenvalue weighted by Gasteiger charge is 2.22. The molecule has 250 valence electrons. The molecule has 0 aliphatic carbocycles. The summed E-state index contributed by atoms with van der Waals surface area (Å²) >= 11 is 0. The first-order valence-electron chi connectivity index (χ1n) is 15.9. The molecule has 2 saturated heterocycles. The number of carbonyl (C=O) groups excluding carboxylic acids is 1. The van der Waals surface area contributed by atoms with Crippen LogP contribution in [0.2, 0.25) is 0 Å². The van der Waals surface area contributed by atoms with Crippen LogP contribution in [0.1, 0.15) is 39.9 Å². The van der Waals surface area contributed by atoms with Crippen LogP contribution < -0.4 is 27.4 Å². The van der Waals surface area contributed by atoms with E-state index in [4.69, 9.17) is 21.9 Å². The van der Waals surface area contributed by atoms with Crippen molar-refractivity contribution in [3.05, 3.63) is 94.8 Å². The number of benzene rings is 3. The molecule has 0 spiro atoms. The second-order valence-electron chi connectivity index (χ2n) is 12.2. The van der Waals surface area contributed by atoms with Gasteiger partial charge in [0.15, 0.2) is 0 Å². The number of rotatable bonds is 8. The Morgan fingerprint density at radius 2 is 1.65 bits per heavy atom. The quantitative estimate of drug-likeness (QED) is 0.124. The molecule has 2 aliphatic rings. The van der Waals surface area contributed by atoms with Crippen molar-refractivity contribution in [2.45, 2.75) is 25.3 Å². The summed E-state index contributed by atoms with van der Waals surface area (Å²) in [5, 5.41) is 3.56. The molecule has 0 unspecified atom stereocenters. The zero-order valence-electron chi connectivity index (χ0n) is 26.8. The van der Waals surface area contributed by atoms with Gasteiger partial charge in [-0.25, -0.2) is 18.7 Å². The minimum atomic E-state index is -0.700. The number of carbonyl (C=O) groups is 1. The third kappa shape index (κ3) is 7.69. The van der Waals surface area contributed by atoms with Crippen LogP contribution in [0.5, 0.6) is 0 Å². The number of halogens is 2. The van der Waals surface area contributed by atoms with Gasteiger partial charge in [0.25, 0.3) is 5.91 Å². The predicted molar refractivity (Wildman–Crippen MR) is 184 cm³/mol. The van der Waals surface area contributed by atoms with Crippen LogP contribution in [0.25, 0.3) is 11.1 Å². The highest BCUT2D eigenvalue weighted by atomic mass is 19.1. The van der Waals surface area contributed by atoms with Crippen LogP contribution in [-0.2, 0) is 11.2 Å². The van der Waals surface area contributed by atoms with E-state index in [2.05, 4.69) is 37.1 Å². The Morgan fingerprint density at radius 3 is 2.33 bits per heavy atom. The van der Waals surface area contributed by atoms with Crippen molar-refractivity contribution in [1.82, 2.24) is 14.9 Å². The lowest BCUT2D eigenvalue weighted by Gasteiger charge is -2.34. The van der Waals surface area contributed by atoms with Crippen LogP contribution in [0.15, 0.2) is 65.9 Å². The molecule has 1 aromatic heterocycles. The average molecular weight is 656 g/mol. The van der Waals surface area contributed by atoms with Crippen molar-refractivity contribution in [3.63, 3.8) is 0 Å². The van der Waals surface area contributed by atoms with Crippen LogP contribution >= 0.6 is 0 Å². The van der Waals surface area contributed by atoms with Crippen LogP contribution in [-0.4, -0.2) is 79.1 Å². The van der Waals surface area contributed by atoms with Gasteiger partial charge in [0, 0.05) is 92.1 Å². The maximum atomic E-state index is 14.1. The van der Waals surface area contributed by atoms with Crippen molar-refractivity contribution in [2.75, 3.05) is 68.1 Å². The van der Waals surface area contributed by atoms with Gasteiger partial charge in [0.2, 0.25) is 5.95 Å². The van der Waals surface area contributed by atoms with Gasteiger partial charge in [-0.2, -0.15) is 4.99 Å². The van der Waals surface area contributed by atoms with Crippen LogP contribution in [0, 0.1) is 11.6 Å². The molecular weight excluding hydrogens is 616 g/mol. The van der Waals surface area contributed by atoms with Gasteiger partial charge in [-0.1, -0.05) is 0 Å². The smallest absolute Gasteiger partial charge is 0.281 e. The summed E-state index contributed by atoms with van der Waals surface area (Å²) in [4.78, 5) is 30.9. The van der Waals surface area contributed by atoms with Crippen LogP contribution in [0.4, 0.5) is 31.8 Å². The number of aliphatic imine (C=N–C) groups is 1. The highest BCUT2D eigenvalue weighted by Crippen LogP contribution is 2.32. The SMILES string of the molecule is CN1CCN(c2ccc(C(=O)N=C(N)c3cc(Cc4cc(F)cc(F)c4)c(-c4cnc(N)nc4)cc3N)c(NC3CCOCC3)c2)CC1. The van der Waals surface area contributed by atoms with E-state index in [0.29, 0.717) is 52.3 Å². The third-order valence-corrected chi connectivity index (χ3v) is 8.76. The molecule has 1 amide bonds. The predicted octanol–water partition coefficient (Wildman–Crippen LogP) is 4.07. The zero-order valence-corrected chi connectivity index (χ0v) is 26.8. The number of nitrogen functional groups attached to an aromatic ring is 2. The van der Waals surface area contributed by atoms with Gasteiger partial charge < -0.3 is 37.1 Å². The standard InChI is InChI=1S/C35H39F2N9O2/c1-45-6-8-46(9-7-45)27-2-3-28(32(17-27)43-26-4-10-48-11-5-26)34(47)44-33(39)30-15-22(12-21-13-24(36)16-25(37)14-21)29(18-31(30)38)23-19-41-35(40)42-20-23/h2-3,13-20,26,43H,4-12,38H2,1H3,(H2,39,44,47)(H2,40,41,42). The number of hydrogen-bond acceptors (Lipinski definition) is 9. The maximum absolute atomic E-state index is 14.1. The lowest BCUT2D eigenvalue weighted by atomic mass is 9.93. The number of nitrogens with two attached hydrogens (primary N) is 3. The van der Waals surface area contributed by atoms with E-state index < -0.39 is 17.5 Å². The number of hydrogen-bond donors (Lipinski definition) is 4. The van der Waals surface area contributed by atoms with E-state index in [1.807, 2.05) is 12.1 Å². The Morgan fingerprint density at radius 1 is 0.958 bits per heavy atom. The first-order chi connectivity index (χ1) is 23.1. The van der Waals surface area contributed by atoms with E-state index in [1.165, 1.54) is 24.5 Å². The minimum absolute atomic E-state index is 0.0919. The van der Waals surface area contributed by atoms with Crippen molar-refractivity contribution >= 4 is 34.8 Å². The Bertz CT molecular complexity index is 1800. The number of nitrogens with one attached hydrogen (secondary N) is 1. The summed E-state index contributed by atoms with van der Waals surface area (Å²) in [7, 11) is 2.11. The molecule has 0 bridgehead atoms. The van der Waals surface area contributed by atoms with Gasteiger partial charge in [0.05, 0.1) is 5.56 Å². The molecule has 2 fully saturated rings. The second kappa shape index (κ2) is 14.3. The molecule has 48 heavy (non-hydrogen) atoms. The molecule has 2 aliphatic heterocycles. The molecule has 11 nitrogen and oxygen atoms in total. The van der Waals surface area contributed by atoms with E-state index >= 15 is 0 Å². The summed E-state index contributed by atoms with van der Waals surface area (Å²) in [5.74, 6) is -1.93. The number of piperazine rings is 1. The first kappa shape index (κ1) is 32.8. The molecule has 3 heterocycles. The van der Waals surface area contributed by atoms with E-state index in [1.54, 1.807) is 18.2 Å². The Balaban J connectivity index is 1.35. The number of ether oxygens (including phenoxy) is 1. The van der Waals surface area contributed by atoms with Crippen molar-refractivity contribution in [3.8, 4) is 11.1 Å². The zero-order chi connectivity index (χ0) is 33.8.